The van der Waals surface area contributed by atoms with E-state index in [0.29, 0.717) is 11.6 Å². The first-order valence-electron chi connectivity index (χ1n) is 7.87. The van der Waals surface area contributed by atoms with Crippen LogP contribution in [0.5, 0.6) is 5.75 Å². The normalized spacial score (nSPS) is 24.3. The molecule has 4 nitrogen and oxygen atoms in total. The number of para-hydroxylation sites is 1. The van der Waals surface area contributed by atoms with Crippen molar-refractivity contribution in [2.45, 2.75) is 12.5 Å². The highest BCUT2D eigenvalue weighted by Gasteiger charge is 2.28. The molecule has 2 heterocycles. The van der Waals surface area contributed by atoms with Crippen molar-refractivity contribution in [2.24, 2.45) is 0 Å². The number of rotatable bonds is 5. The third-order valence-corrected chi connectivity index (χ3v) is 4.73. The van der Waals surface area contributed by atoms with E-state index in [-0.39, 0.29) is 0 Å². The van der Waals surface area contributed by atoms with E-state index < -0.39 is 0 Å². The summed E-state index contributed by atoms with van der Waals surface area (Å²) in [7, 11) is 0. The van der Waals surface area contributed by atoms with Crippen LogP contribution in [0.4, 0.5) is 0 Å². The molecule has 1 unspecified atom stereocenters. The minimum Gasteiger partial charge on any atom is -0.491 e. The van der Waals surface area contributed by atoms with Crippen LogP contribution in [-0.2, 0) is 0 Å². The summed E-state index contributed by atoms with van der Waals surface area (Å²) in [6.07, 6.45) is 1.28. The van der Waals surface area contributed by atoms with E-state index in [1.807, 2.05) is 24.3 Å². The van der Waals surface area contributed by atoms with Crippen LogP contribution in [0.15, 0.2) is 24.3 Å². The molecule has 21 heavy (non-hydrogen) atoms. The summed E-state index contributed by atoms with van der Waals surface area (Å²) in [5.41, 5.74) is 0. The quantitative estimate of drug-likeness (QED) is 0.896. The first-order chi connectivity index (χ1) is 10.3. The van der Waals surface area contributed by atoms with Crippen LogP contribution in [0, 0.1) is 0 Å². The van der Waals surface area contributed by atoms with E-state index >= 15 is 0 Å². The van der Waals surface area contributed by atoms with Gasteiger partial charge >= 0.3 is 0 Å². The molecule has 0 bridgehead atoms. The van der Waals surface area contributed by atoms with Gasteiger partial charge in [0.2, 0.25) is 0 Å². The molecule has 2 fully saturated rings. The van der Waals surface area contributed by atoms with Crippen LogP contribution in [0.25, 0.3) is 0 Å². The molecule has 0 saturated carbocycles. The maximum absolute atomic E-state index is 6.09. The van der Waals surface area contributed by atoms with Crippen LogP contribution in [0.1, 0.15) is 6.42 Å². The Morgan fingerprint density at radius 1 is 1.19 bits per heavy atom. The maximum atomic E-state index is 6.09. The van der Waals surface area contributed by atoms with Gasteiger partial charge in [-0.3, -0.25) is 9.80 Å². The van der Waals surface area contributed by atoms with E-state index in [2.05, 4.69) is 15.1 Å². The van der Waals surface area contributed by atoms with Gasteiger partial charge in [-0.2, -0.15) is 0 Å². The van der Waals surface area contributed by atoms with Crippen molar-refractivity contribution >= 4 is 11.6 Å². The van der Waals surface area contributed by atoms with Crippen LogP contribution in [0.2, 0.25) is 5.02 Å². The Labute approximate surface area is 132 Å². The minimum atomic E-state index is 0.692. The number of hydrogen-bond donors (Lipinski definition) is 1. The van der Waals surface area contributed by atoms with Crippen molar-refractivity contribution in [1.82, 2.24) is 15.1 Å². The molecule has 0 spiro atoms. The largest absolute Gasteiger partial charge is 0.491 e. The summed E-state index contributed by atoms with van der Waals surface area (Å²) in [5.74, 6) is 0.789. The van der Waals surface area contributed by atoms with Crippen LogP contribution >= 0.6 is 11.6 Å². The van der Waals surface area contributed by atoms with Crippen LogP contribution < -0.4 is 10.1 Å². The van der Waals surface area contributed by atoms with Crippen molar-refractivity contribution in [3.8, 4) is 5.75 Å². The van der Waals surface area contributed by atoms with E-state index in [4.69, 9.17) is 16.3 Å². The first-order valence-corrected chi connectivity index (χ1v) is 8.25. The highest BCUT2D eigenvalue weighted by atomic mass is 35.5. The average Bonchev–Trinajstić information content (AvgIpc) is 2.99. The van der Waals surface area contributed by atoms with Crippen molar-refractivity contribution in [1.29, 1.82) is 0 Å². The maximum Gasteiger partial charge on any atom is 0.137 e. The van der Waals surface area contributed by atoms with Gasteiger partial charge in [0.25, 0.3) is 0 Å². The third kappa shape index (κ3) is 4.10. The van der Waals surface area contributed by atoms with E-state index in [1.54, 1.807) is 0 Å². The molecular weight excluding hydrogens is 286 g/mol. The van der Waals surface area contributed by atoms with Crippen molar-refractivity contribution in [3.63, 3.8) is 0 Å². The van der Waals surface area contributed by atoms with Gasteiger partial charge in [0.05, 0.1) is 5.02 Å². The molecule has 116 valence electrons. The molecule has 5 heteroatoms. The molecule has 0 amide bonds. The number of nitrogens with zero attached hydrogens (tertiary/aromatic N) is 2. The third-order valence-electron chi connectivity index (χ3n) is 4.42. The van der Waals surface area contributed by atoms with Gasteiger partial charge in [-0.25, -0.2) is 0 Å². The zero-order valence-corrected chi connectivity index (χ0v) is 13.2. The SMILES string of the molecule is Clc1ccccc1OCCN1CCC(N2CCNCC2)C1. The summed E-state index contributed by atoms with van der Waals surface area (Å²) in [5, 5.41) is 4.11. The molecule has 2 aliphatic rings. The standard InChI is InChI=1S/C16H24ClN3O/c17-15-3-1-2-4-16(15)21-12-11-19-8-5-14(13-19)20-9-6-18-7-10-20/h1-4,14,18H,5-13H2. The lowest BCUT2D eigenvalue weighted by Crippen LogP contribution is -2.49. The summed E-state index contributed by atoms with van der Waals surface area (Å²) < 4.78 is 5.78. The van der Waals surface area contributed by atoms with Crippen LogP contribution in [0.3, 0.4) is 0 Å². The fourth-order valence-electron chi connectivity index (χ4n) is 3.21. The van der Waals surface area contributed by atoms with Gasteiger partial charge in [-0.1, -0.05) is 23.7 Å². The number of likely N-dealkylation sites (tertiary alicyclic amines) is 1. The number of benzene rings is 1. The van der Waals surface area contributed by atoms with Gasteiger partial charge in [-0.15, -0.1) is 0 Å². The number of nitrogens with one attached hydrogen (secondary N) is 1. The summed E-state index contributed by atoms with van der Waals surface area (Å²) >= 11 is 6.09. The van der Waals surface area contributed by atoms with Crippen molar-refractivity contribution in [3.05, 3.63) is 29.3 Å². The average molecular weight is 310 g/mol. The Morgan fingerprint density at radius 2 is 2.00 bits per heavy atom. The van der Waals surface area contributed by atoms with Crippen LogP contribution in [-0.4, -0.2) is 68.3 Å². The lowest BCUT2D eigenvalue weighted by molar-refractivity contribution is 0.165. The monoisotopic (exact) mass is 309 g/mol. The Balaban J connectivity index is 1.40. The van der Waals surface area contributed by atoms with Crippen molar-refractivity contribution < 1.29 is 4.74 Å². The lowest BCUT2D eigenvalue weighted by atomic mass is 10.2. The van der Waals surface area contributed by atoms with E-state index in [9.17, 15) is 0 Å². The molecule has 0 aliphatic carbocycles. The fraction of sp³-hybridized carbons (Fsp3) is 0.625. The van der Waals surface area contributed by atoms with E-state index in [1.165, 1.54) is 32.6 Å². The molecule has 0 radical (unpaired) electrons. The van der Waals surface area contributed by atoms with Gasteiger partial charge in [0.1, 0.15) is 12.4 Å². The molecule has 1 N–H and O–H groups in total. The molecule has 3 rings (SSSR count). The molecule has 0 aromatic heterocycles. The number of halogens is 1. The van der Waals surface area contributed by atoms with Gasteiger partial charge in [0.15, 0.2) is 0 Å². The zero-order chi connectivity index (χ0) is 14.5. The van der Waals surface area contributed by atoms with Gasteiger partial charge in [0, 0.05) is 45.3 Å². The number of piperazine rings is 1. The zero-order valence-electron chi connectivity index (χ0n) is 12.4. The first kappa shape index (κ1) is 15.1. The molecule has 2 aliphatic heterocycles. The Bertz CT molecular complexity index is 451. The Hall–Kier alpha value is -0.810. The summed E-state index contributed by atoms with van der Waals surface area (Å²) in [4.78, 5) is 5.13. The minimum absolute atomic E-state index is 0.692. The molecule has 1 aromatic rings. The second-order valence-corrected chi connectivity index (χ2v) is 6.22. The number of hydrogen-bond acceptors (Lipinski definition) is 4. The second-order valence-electron chi connectivity index (χ2n) is 5.81. The summed E-state index contributed by atoms with van der Waals surface area (Å²) in [6.45, 7) is 8.68. The predicted molar refractivity (Wildman–Crippen MR) is 86.2 cm³/mol. The lowest BCUT2D eigenvalue weighted by Gasteiger charge is -2.32. The number of ether oxygens (including phenoxy) is 1. The van der Waals surface area contributed by atoms with Gasteiger partial charge < -0.3 is 10.1 Å². The predicted octanol–water partition coefficient (Wildman–Crippen LogP) is 1.70. The molecule has 2 saturated heterocycles. The fourth-order valence-corrected chi connectivity index (χ4v) is 3.40. The topological polar surface area (TPSA) is 27.7 Å². The van der Waals surface area contributed by atoms with Gasteiger partial charge in [-0.05, 0) is 25.1 Å². The second kappa shape index (κ2) is 7.45. The highest BCUT2D eigenvalue weighted by molar-refractivity contribution is 6.32. The Kier molecular flexibility index (Phi) is 5.36. The van der Waals surface area contributed by atoms with Crippen molar-refractivity contribution in [2.75, 3.05) is 52.4 Å². The molecule has 1 aromatic carbocycles. The smallest absolute Gasteiger partial charge is 0.137 e. The van der Waals surface area contributed by atoms with E-state index in [0.717, 1.165) is 31.4 Å². The summed E-state index contributed by atoms with van der Waals surface area (Å²) in [6, 6.07) is 8.40. The highest BCUT2D eigenvalue weighted by Crippen LogP contribution is 2.23. The molecular formula is C16H24ClN3O. The molecule has 1 atom stereocenters. The Morgan fingerprint density at radius 3 is 2.81 bits per heavy atom.